The lowest BCUT2D eigenvalue weighted by Crippen LogP contribution is -2.05. The van der Waals surface area contributed by atoms with Gasteiger partial charge in [-0.1, -0.05) is 0 Å². The van der Waals surface area contributed by atoms with Crippen LogP contribution in [0.4, 0.5) is 0 Å². The Labute approximate surface area is 53.9 Å². The zero-order valence-corrected chi connectivity index (χ0v) is 5.28. The highest BCUT2D eigenvalue weighted by atomic mass is 14.8. The maximum Gasteiger partial charge on any atom is 0.115 e. The van der Waals surface area contributed by atoms with Gasteiger partial charge in [-0.05, 0) is 6.92 Å². The molecule has 9 heavy (non-hydrogen) atoms. The van der Waals surface area contributed by atoms with Gasteiger partial charge in [0, 0.05) is 24.0 Å². The summed E-state index contributed by atoms with van der Waals surface area (Å²) in [7, 11) is 0. The highest BCUT2D eigenvalue weighted by Crippen LogP contribution is 2.02. The Hall–Kier alpha value is -0.960. The van der Waals surface area contributed by atoms with Crippen LogP contribution in [0.15, 0.2) is 18.7 Å². The van der Waals surface area contributed by atoms with Gasteiger partial charge < -0.3 is 5.73 Å². The van der Waals surface area contributed by atoms with E-state index < -0.39 is 0 Å². The van der Waals surface area contributed by atoms with Crippen LogP contribution in [0.25, 0.3) is 0 Å². The molecular weight excluding hydrogens is 114 g/mol. The molecule has 1 aromatic heterocycles. The Morgan fingerprint density at radius 2 is 2.00 bits per heavy atom. The fraction of sp³-hybridized carbons (Fsp3) is 0.333. The summed E-state index contributed by atoms with van der Waals surface area (Å²) in [6, 6.07) is 0.0335. The molecule has 3 heteroatoms. The van der Waals surface area contributed by atoms with Crippen LogP contribution in [0.1, 0.15) is 18.5 Å². The third-order valence-corrected chi connectivity index (χ3v) is 1.11. The van der Waals surface area contributed by atoms with Gasteiger partial charge in [0.15, 0.2) is 0 Å². The summed E-state index contributed by atoms with van der Waals surface area (Å²) in [6.07, 6.45) is 4.93. The van der Waals surface area contributed by atoms with E-state index in [2.05, 4.69) is 9.97 Å². The predicted octanol–water partition coefficient (Wildman–Crippen LogP) is 0.496. The molecule has 0 saturated heterocycles. The van der Waals surface area contributed by atoms with Crippen molar-refractivity contribution in [2.75, 3.05) is 0 Å². The first-order chi connectivity index (χ1) is 4.30. The number of nitrogens with two attached hydrogens (primary N) is 1. The Bertz CT molecular complexity index is 171. The first kappa shape index (κ1) is 6.16. The van der Waals surface area contributed by atoms with Crippen molar-refractivity contribution in [3.63, 3.8) is 0 Å². The van der Waals surface area contributed by atoms with Crippen LogP contribution in [0.2, 0.25) is 0 Å². The lowest BCUT2D eigenvalue weighted by Gasteiger charge is -2.00. The minimum absolute atomic E-state index is 0.0335. The molecule has 48 valence electrons. The van der Waals surface area contributed by atoms with E-state index in [1.54, 1.807) is 12.4 Å². The summed E-state index contributed by atoms with van der Waals surface area (Å²) in [5, 5.41) is 0. The van der Waals surface area contributed by atoms with Crippen molar-refractivity contribution < 1.29 is 0 Å². The SMILES string of the molecule is C[C@H](N)c1cncnc1. The fourth-order valence-corrected chi connectivity index (χ4v) is 0.546. The van der Waals surface area contributed by atoms with Gasteiger partial charge in [-0.2, -0.15) is 0 Å². The monoisotopic (exact) mass is 123 g/mol. The van der Waals surface area contributed by atoms with Crippen molar-refractivity contribution >= 4 is 0 Å². The second-order valence-corrected chi connectivity index (χ2v) is 1.96. The Morgan fingerprint density at radius 3 is 2.33 bits per heavy atom. The van der Waals surface area contributed by atoms with E-state index in [1.165, 1.54) is 6.33 Å². The Balaban J connectivity index is 2.85. The summed E-state index contributed by atoms with van der Waals surface area (Å²) < 4.78 is 0. The van der Waals surface area contributed by atoms with Crippen molar-refractivity contribution in [1.82, 2.24) is 9.97 Å². The molecule has 0 amide bonds. The van der Waals surface area contributed by atoms with Gasteiger partial charge in [-0.3, -0.25) is 0 Å². The van der Waals surface area contributed by atoms with Crippen molar-refractivity contribution in [2.45, 2.75) is 13.0 Å². The van der Waals surface area contributed by atoms with Crippen LogP contribution in [0, 0.1) is 0 Å². The van der Waals surface area contributed by atoms with E-state index in [1.807, 2.05) is 6.92 Å². The maximum atomic E-state index is 5.53. The molecule has 1 aromatic rings. The quantitative estimate of drug-likeness (QED) is 0.591. The van der Waals surface area contributed by atoms with Crippen LogP contribution in [0.3, 0.4) is 0 Å². The largest absolute Gasteiger partial charge is 0.324 e. The number of hydrogen-bond acceptors (Lipinski definition) is 3. The van der Waals surface area contributed by atoms with E-state index in [9.17, 15) is 0 Å². The molecule has 2 N–H and O–H groups in total. The van der Waals surface area contributed by atoms with Crippen LogP contribution < -0.4 is 5.73 Å². The maximum absolute atomic E-state index is 5.53. The molecule has 0 unspecified atom stereocenters. The van der Waals surface area contributed by atoms with Crippen molar-refractivity contribution in [2.24, 2.45) is 5.73 Å². The zero-order chi connectivity index (χ0) is 6.69. The first-order valence-corrected chi connectivity index (χ1v) is 2.81. The second kappa shape index (κ2) is 2.55. The molecular formula is C6H9N3. The summed E-state index contributed by atoms with van der Waals surface area (Å²) in [5.41, 5.74) is 6.50. The molecule has 1 heterocycles. The molecule has 0 aliphatic heterocycles. The number of hydrogen-bond donors (Lipinski definition) is 1. The molecule has 0 spiro atoms. The van der Waals surface area contributed by atoms with E-state index >= 15 is 0 Å². The molecule has 3 nitrogen and oxygen atoms in total. The summed E-state index contributed by atoms with van der Waals surface area (Å²) in [4.78, 5) is 7.63. The molecule has 1 rings (SSSR count). The van der Waals surface area contributed by atoms with E-state index in [4.69, 9.17) is 5.73 Å². The number of rotatable bonds is 1. The minimum atomic E-state index is 0.0335. The highest BCUT2D eigenvalue weighted by molar-refractivity contribution is 5.06. The predicted molar refractivity (Wildman–Crippen MR) is 34.6 cm³/mol. The molecule has 0 aliphatic carbocycles. The van der Waals surface area contributed by atoms with Crippen molar-refractivity contribution in [1.29, 1.82) is 0 Å². The standard InChI is InChI=1S/C6H9N3/c1-5(7)6-2-8-4-9-3-6/h2-5H,7H2,1H3/t5-/m0/s1. The first-order valence-electron chi connectivity index (χ1n) is 2.81. The topological polar surface area (TPSA) is 51.8 Å². The Kier molecular flexibility index (Phi) is 1.75. The smallest absolute Gasteiger partial charge is 0.115 e. The average Bonchev–Trinajstić information content (AvgIpc) is 1.90. The molecule has 0 bridgehead atoms. The van der Waals surface area contributed by atoms with Gasteiger partial charge in [0.1, 0.15) is 6.33 Å². The van der Waals surface area contributed by atoms with Gasteiger partial charge >= 0.3 is 0 Å². The van der Waals surface area contributed by atoms with Gasteiger partial charge in [0.05, 0.1) is 0 Å². The third kappa shape index (κ3) is 1.47. The second-order valence-electron chi connectivity index (χ2n) is 1.96. The molecule has 1 atom stereocenters. The lowest BCUT2D eigenvalue weighted by atomic mass is 10.2. The summed E-state index contributed by atoms with van der Waals surface area (Å²) >= 11 is 0. The highest BCUT2D eigenvalue weighted by Gasteiger charge is 1.95. The van der Waals surface area contributed by atoms with E-state index in [0.717, 1.165) is 5.56 Å². The third-order valence-electron chi connectivity index (χ3n) is 1.11. The van der Waals surface area contributed by atoms with Gasteiger partial charge in [0.25, 0.3) is 0 Å². The Morgan fingerprint density at radius 1 is 1.44 bits per heavy atom. The van der Waals surface area contributed by atoms with Crippen LogP contribution in [-0.4, -0.2) is 9.97 Å². The van der Waals surface area contributed by atoms with Crippen LogP contribution in [0.5, 0.6) is 0 Å². The van der Waals surface area contributed by atoms with Crippen LogP contribution in [-0.2, 0) is 0 Å². The summed E-state index contributed by atoms with van der Waals surface area (Å²) in [5.74, 6) is 0. The lowest BCUT2D eigenvalue weighted by molar-refractivity contribution is 0.802. The van der Waals surface area contributed by atoms with E-state index in [0.29, 0.717) is 0 Å². The van der Waals surface area contributed by atoms with E-state index in [-0.39, 0.29) is 6.04 Å². The minimum Gasteiger partial charge on any atom is -0.324 e. The molecule has 0 fully saturated rings. The van der Waals surface area contributed by atoms with Crippen LogP contribution >= 0.6 is 0 Å². The average molecular weight is 123 g/mol. The molecule has 0 saturated carbocycles. The zero-order valence-electron chi connectivity index (χ0n) is 5.28. The van der Waals surface area contributed by atoms with Gasteiger partial charge in [-0.25, -0.2) is 9.97 Å². The number of aromatic nitrogens is 2. The normalized spacial score (nSPS) is 13.1. The van der Waals surface area contributed by atoms with Gasteiger partial charge in [0.2, 0.25) is 0 Å². The molecule has 0 aromatic carbocycles. The van der Waals surface area contributed by atoms with Crippen molar-refractivity contribution in [3.8, 4) is 0 Å². The molecule has 0 aliphatic rings. The fourth-order valence-electron chi connectivity index (χ4n) is 0.546. The molecule has 0 radical (unpaired) electrons. The summed E-state index contributed by atoms with van der Waals surface area (Å²) in [6.45, 7) is 1.90. The number of nitrogens with zero attached hydrogens (tertiary/aromatic N) is 2. The van der Waals surface area contributed by atoms with Crippen molar-refractivity contribution in [3.05, 3.63) is 24.3 Å². The van der Waals surface area contributed by atoms with Gasteiger partial charge in [-0.15, -0.1) is 0 Å².